The highest BCUT2D eigenvalue weighted by atomic mass is 16.5. The van der Waals surface area contributed by atoms with Crippen LogP contribution >= 0.6 is 0 Å². The van der Waals surface area contributed by atoms with Gasteiger partial charge < -0.3 is 9.72 Å². The average Bonchev–Trinajstić information content (AvgIpc) is 3.39. The molecule has 0 spiro atoms. The molecule has 0 aliphatic rings. The van der Waals surface area contributed by atoms with Crippen molar-refractivity contribution in [2.75, 3.05) is 0 Å². The maximum absolute atomic E-state index is 13.5. The molecule has 0 saturated heterocycles. The Bertz CT molecular complexity index is 1950. The number of ketones is 1. The Kier molecular flexibility index (Phi) is 6.67. The molecule has 8 heteroatoms. The van der Waals surface area contributed by atoms with Crippen LogP contribution < -0.4 is 10.3 Å². The smallest absolute Gasteiger partial charge is 0.268 e. The number of benzene rings is 3. The fraction of sp³-hybridized carbons (Fsp3) is 0.182. The number of fused-ring (bicyclic) bond motifs is 2. The summed E-state index contributed by atoms with van der Waals surface area (Å²) in [4.78, 5) is 36.3. The second-order valence-electron chi connectivity index (χ2n) is 11.0. The Labute approximate surface area is 236 Å². The number of hydrogen-bond donors (Lipinski definition) is 1. The number of hydrogen-bond acceptors (Lipinski definition) is 6. The van der Waals surface area contributed by atoms with Crippen LogP contribution in [0.3, 0.4) is 0 Å². The van der Waals surface area contributed by atoms with Crippen LogP contribution in [0.5, 0.6) is 11.5 Å². The standard InChI is InChI=1S/C33H29N5O3/c1-33(2,3)29-19-23(38(37-29)22-9-5-4-6-10-22)18-24(39)17-21-13-14-27(26-12-8-7-11-25(21)26)41-28-15-16-34-32-31(28)35-20-30(40)36-32/h4-16,19-20H,17-18H2,1-3H3,(H,34,36,40). The SMILES string of the molecule is CC(C)(C)c1cc(CC(=O)Cc2ccc(Oc3ccnc4[nH]c(=O)cnc34)c3ccccc23)n(-c2ccccc2)n1. The van der Waals surface area contributed by atoms with Crippen LogP contribution in [0.2, 0.25) is 0 Å². The molecule has 0 amide bonds. The van der Waals surface area contributed by atoms with Crippen molar-refractivity contribution in [1.82, 2.24) is 24.7 Å². The molecule has 3 aromatic carbocycles. The molecular formula is C33H29N5O3. The van der Waals surface area contributed by atoms with Gasteiger partial charge in [0.25, 0.3) is 5.56 Å². The number of aromatic amines is 1. The Morgan fingerprint density at radius 1 is 0.878 bits per heavy atom. The van der Waals surface area contributed by atoms with E-state index >= 15 is 0 Å². The number of Topliss-reactive ketones (excluding diaryl/α,β-unsaturated/α-hetero) is 1. The Morgan fingerprint density at radius 2 is 1.63 bits per heavy atom. The molecule has 0 fully saturated rings. The van der Waals surface area contributed by atoms with E-state index in [1.807, 2.05) is 77.5 Å². The molecule has 0 radical (unpaired) electrons. The quantitative estimate of drug-likeness (QED) is 0.261. The summed E-state index contributed by atoms with van der Waals surface area (Å²) in [5, 5.41) is 6.67. The number of nitrogens with one attached hydrogen (secondary N) is 1. The van der Waals surface area contributed by atoms with Gasteiger partial charge in [0.15, 0.2) is 11.4 Å². The van der Waals surface area contributed by atoms with Gasteiger partial charge in [0, 0.05) is 35.9 Å². The van der Waals surface area contributed by atoms with Crippen molar-refractivity contribution in [3.05, 3.63) is 119 Å². The summed E-state index contributed by atoms with van der Waals surface area (Å²) in [6.07, 6.45) is 3.30. The number of ether oxygens (including phenoxy) is 1. The number of para-hydroxylation sites is 1. The van der Waals surface area contributed by atoms with E-state index < -0.39 is 0 Å². The van der Waals surface area contributed by atoms with Crippen molar-refractivity contribution in [3.63, 3.8) is 0 Å². The molecule has 3 heterocycles. The van der Waals surface area contributed by atoms with Crippen molar-refractivity contribution in [3.8, 4) is 17.2 Å². The molecular weight excluding hydrogens is 514 g/mol. The van der Waals surface area contributed by atoms with E-state index in [0.29, 0.717) is 22.7 Å². The predicted molar refractivity (Wildman–Crippen MR) is 159 cm³/mol. The second kappa shape index (κ2) is 10.5. The lowest BCUT2D eigenvalue weighted by Crippen LogP contribution is -2.13. The molecule has 0 bridgehead atoms. The zero-order valence-corrected chi connectivity index (χ0v) is 23.1. The third-order valence-corrected chi connectivity index (χ3v) is 6.95. The maximum Gasteiger partial charge on any atom is 0.268 e. The van der Waals surface area contributed by atoms with Crippen molar-refractivity contribution in [1.29, 1.82) is 0 Å². The number of carbonyl (C=O) groups is 1. The fourth-order valence-electron chi connectivity index (χ4n) is 4.88. The van der Waals surface area contributed by atoms with E-state index in [-0.39, 0.29) is 29.6 Å². The molecule has 1 N–H and O–H groups in total. The molecule has 6 rings (SSSR count). The first kappa shape index (κ1) is 26.1. The highest BCUT2D eigenvalue weighted by Crippen LogP contribution is 2.34. The average molecular weight is 544 g/mol. The van der Waals surface area contributed by atoms with Crippen LogP contribution in [0.15, 0.2) is 96.1 Å². The summed E-state index contributed by atoms with van der Waals surface area (Å²) in [5.41, 5.74) is 3.99. The monoisotopic (exact) mass is 543 g/mol. The topological polar surface area (TPSA) is 103 Å². The van der Waals surface area contributed by atoms with Gasteiger partial charge in [-0.2, -0.15) is 5.10 Å². The largest absolute Gasteiger partial charge is 0.454 e. The number of rotatable bonds is 7. The fourth-order valence-corrected chi connectivity index (χ4v) is 4.88. The lowest BCUT2D eigenvalue weighted by atomic mass is 9.92. The zero-order valence-electron chi connectivity index (χ0n) is 23.1. The van der Waals surface area contributed by atoms with Gasteiger partial charge in [-0.25, -0.2) is 14.6 Å². The van der Waals surface area contributed by atoms with Crippen LogP contribution in [-0.2, 0) is 23.1 Å². The normalized spacial score (nSPS) is 11.7. The summed E-state index contributed by atoms with van der Waals surface area (Å²) in [5.74, 6) is 1.19. The number of pyridine rings is 1. The molecule has 0 atom stereocenters. The molecule has 8 nitrogen and oxygen atoms in total. The van der Waals surface area contributed by atoms with Gasteiger partial charge in [0.2, 0.25) is 0 Å². The van der Waals surface area contributed by atoms with Gasteiger partial charge >= 0.3 is 0 Å². The molecule has 0 aliphatic carbocycles. The van der Waals surface area contributed by atoms with Crippen LogP contribution in [0.1, 0.15) is 37.7 Å². The van der Waals surface area contributed by atoms with Gasteiger partial charge in [-0.15, -0.1) is 0 Å². The van der Waals surface area contributed by atoms with Crippen LogP contribution in [-0.4, -0.2) is 30.5 Å². The summed E-state index contributed by atoms with van der Waals surface area (Å²) in [7, 11) is 0. The second-order valence-corrected chi connectivity index (χ2v) is 11.0. The van der Waals surface area contributed by atoms with Crippen LogP contribution in [0.4, 0.5) is 0 Å². The summed E-state index contributed by atoms with van der Waals surface area (Å²) in [6.45, 7) is 6.36. The Balaban J connectivity index is 1.30. The van der Waals surface area contributed by atoms with Crippen LogP contribution in [0.25, 0.3) is 27.6 Å². The summed E-state index contributed by atoms with van der Waals surface area (Å²) in [6, 6.07) is 25.3. The van der Waals surface area contributed by atoms with Gasteiger partial charge in [0.1, 0.15) is 17.0 Å². The minimum atomic E-state index is -0.330. The number of aromatic nitrogens is 5. The Hall–Kier alpha value is -5.11. The van der Waals surface area contributed by atoms with E-state index in [4.69, 9.17) is 9.84 Å². The lowest BCUT2D eigenvalue weighted by Gasteiger charge is -2.14. The van der Waals surface area contributed by atoms with Crippen molar-refractivity contribution in [2.45, 2.75) is 39.0 Å². The lowest BCUT2D eigenvalue weighted by molar-refractivity contribution is -0.117. The molecule has 41 heavy (non-hydrogen) atoms. The Morgan fingerprint density at radius 3 is 2.41 bits per heavy atom. The number of nitrogens with zero attached hydrogens (tertiary/aromatic N) is 4. The van der Waals surface area contributed by atoms with E-state index in [2.05, 4.69) is 35.7 Å². The highest BCUT2D eigenvalue weighted by molar-refractivity contribution is 5.95. The van der Waals surface area contributed by atoms with Gasteiger partial charge in [-0.3, -0.25) is 9.59 Å². The first-order chi connectivity index (χ1) is 19.8. The minimum Gasteiger partial charge on any atom is -0.454 e. The summed E-state index contributed by atoms with van der Waals surface area (Å²) >= 11 is 0. The third kappa shape index (κ3) is 5.36. The summed E-state index contributed by atoms with van der Waals surface area (Å²) < 4.78 is 8.16. The molecule has 0 unspecified atom stereocenters. The first-order valence-electron chi connectivity index (χ1n) is 13.5. The van der Waals surface area contributed by atoms with E-state index in [9.17, 15) is 9.59 Å². The maximum atomic E-state index is 13.5. The molecule has 204 valence electrons. The minimum absolute atomic E-state index is 0.0923. The van der Waals surface area contributed by atoms with Crippen LogP contribution in [0, 0.1) is 0 Å². The number of carbonyl (C=O) groups excluding carboxylic acids is 1. The molecule has 3 aromatic heterocycles. The molecule has 6 aromatic rings. The van der Waals surface area contributed by atoms with E-state index in [1.165, 1.54) is 6.20 Å². The van der Waals surface area contributed by atoms with Gasteiger partial charge in [-0.05, 0) is 35.2 Å². The molecule has 0 saturated carbocycles. The molecule has 0 aliphatic heterocycles. The van der Waals surface area contributed by atoms with Crippen molar-refractivity contribution < 1.29 is 9.53 Å². The first-order valence-corrected chi connectivity index (χ1v) is 13.5. The van der Waals surface area contributed by atoms with Crippen molar-refractivity contribution >= 4 is 27.7 Å². The third-order valence-electron chi connectivity index (χ3n) is 6.95. The van der Waals surface area contributed by atoms with E-state index in [1.54, 1.807) is 12.3 Å². The van der Waals surface area contributed by atoms with Gasteiger partial charge in [0.05, 0.1) is 23.3 Å². The predicted octanol–water partition coefficient (Wildman–Crippen LogP) is 6.10. The van der Waals surface area contributed by atoms with Gasteiger partial charge in [-0.1, -0.05) is 69.3 Å². The van der Waals surface area contributed by atoms with Crippen molar-refractivity contribution in [2.24, 2.45) is 0 Å². The zero-order chi connectivity index (χ0) is 28.6. The van der Waals surface area contributed by atoms with E-state index in [0.717, 1.165) is 33.4 Å². The number of H-pyrrole nitrogens is 1. The highest BCUT2D eigenvalue weighted by Gasteiger charge is 2.22.